The summed E-state index contributed by atoms with van der Waals surface area (Å²) in [5, 5.41) is 12.9. The van der Waals surface area contributed by atoms with Crippen LogP contribution in [0.1, 0.15) is 29.7 Å². The highest BCUT2D eigenvalue weighted by Crippen LogP contribution is 2.20. The van der Waals surface area contributed by atoms with Crippen LogP contribution in [0.4, 0.5) is 0 Å². The molecule has 2 heterocycles. The van der Waals surface area contributed by atoms with Gasteiger partial charge >= 0.3 is 0 Å². The van der Waals surface area contributed by atoms with Gasteiger partial charge in [-0.15, -0.1) is 0 Å². The zero-order valence-corrected chi connectivity index (χ0v) is 16.9. The van der Waals surface area contributed by atoms with E-state index in [-0.39, 0.29) is 31.3 Å². The number of carbonyl (C=O) groups is 2. The van der Waals surface area contributed by atoms with Crippen LogP contribution in [0.5, 0.6) is 0 Å². The molecule has 0 spiro atoms. The third-order valence-electron chi connectivity index (χ3n) is 5.33. The first-order valence-electron chi connectivity index (χ1n) is 10.2. The zero-order chi connectivity index (χ0) is 21.5. The Hall–Kier alpha value is -2.81. The van der Waals surface area contributed by atoms with Crippen LogP contribution in [0.2, 0.25) is 0 Å². The van der Waals surface area contributed by atoms with E-state index in [0.29, 0.717) is 19.4 Å². The molecule has 1 aliphatic rings. The Morgan fingerprint density at radius 3 is 2.63 bits per heavy atom. The number of likely N-dealkylation sites (tertiary alicyclic amines) is 1. The summed E-state index contributed by atoms with van der Waals surface area (Å²) in [6.07, 6.45) is 2.27. The SMILES string of the molecule is NCc1ccc(CNC(=O)[C@@H]2C[C@H](O)CN2C(=O)[C@H](N)CCc2ccccc2)cn1. The quantitative estimate of drug-likeness (QED) is 0.486. The van der Waals surface area contributed by atoms with Crippen molar-refractivity contribution in [2.24, 2.45) is 11.5 Å². The monoisotopic (exact) mass is 411 g/mol. The summed E-state index contributed by atoms with van der Waals surface area (Å²) < 4.78 is 0. The molecule has 0 bridgehead atoms. The highest BCUT2D eigenvalue weighted by Gasteiger charge is 2.40. The van der Waals surface area contributed by atoms with E-state index < -0.39 is 18.2 Å². The van der Waals surface area contributed by atoms with Crippen molar-refractivity contribution in [3.05, 3.63) is 65.5 Å². The number of nitrogens with one attached hydrogen (secondary N) is 1. The van der Waals surface area contributed by atoms with Gasteiger partial charge in [-0.05, 0) is 30.0 Å². The molecule has 6 N–H and O–H groups in total. The first kappa shape index (κ1) is 21.9. The molecular weight excluding hydrogens is 382 g/mol. The summed E-state index contributed by atoms with van der Waals surface area (Å²) in [6, 6.07) is 12.0. The van der Waals surface area contributed by atoms with Crippen LogP contribution in [0.3, 0.4) is 0 Å². The Morgan fingerprint density at radius 1 is 1.20 bits per heavy atom. The Labute approximate surface area is 176 Å². The molecule has 0 saturated carbocycles. The number of amides is 2. The van der Waals surface area contributed by atoms with Crippen LogP contribution in [0, 0.1) is 0 Å². The van der Waals surface area contributed by atoms with Gasteiger partial charge < -0.3 is 26.8 Å². The zero-order valence-electron chi connectivity index (χ0n) is 16.9. The molecule has 1 aliphatic heterocycles. The first-order chi connectivity index (χ1) is 14.5. The predicted molar refractivity (Wildman–Crippen MR) is 113 cm³/mol. The normalized spacial score (nSPS) is 19.5. The number of nitrogens with zero attached hydrogens (tertiary/aromatic N) is 2. The number of pyridine rings is 1. The van der Waals surface area contributed by atoms with Crippen molar-refractivity contribution in [1.82, 2.24) is 15.2 Å². The minimum atomic E-state index is -0.739. The van der Waals surface area contributed by atoms with E-state index in [1.165, 1.54) is 4.90 Å². The van der Waals surface area contributed by atoms with Gasteiger partial charge in [-0.2, -0.15) is 0 Å². The lowest BCUT2D eigenvalue weighted by molar-refractivity contribution is -0.139. The summed E-state index contributed by atoms with van der Waals surface area (Å²) in [5.74, 6) is -0.616. The number of benzene rings is 1. The lowest BCUT2D eigenvalue weighted by Gasteiger charge is -2.26. The molecule has 1 saturated heterocycles. The Balaban J connectivity index is 1.56. The second-order valence-electron chi connectivity index (χ2n) is 7.61. The molecule has 0 aliphatic carbocycles. The molecule has 2 aromatic rings. The standard InChI is InChI=1S/C22H29N5O3/c23-11-17-8-6-16(12-25-17)13-26-21(29)20-10-18(28)14-27(20)22(30)19(24)9-7-15-4-2-1-3-5-15/h1-6,8,12,18-20,28H,7,9-11,13-14,23-24H2,(H,26,29)/t18-,19+,20-/m0/s1. The van der Waals surface area contributed by atoms with Gasteiger partial charge in [0.15, 0.2) is 0 Å². The number of carbonyl (C=O) groups excluding carboxylic acids is 2. The lowest BCUT2D eigenvalue weighted by Crippen LogP contribution is -2.51. The number of aliphatic hydroxyl groups excluding tert-OH is 1. The van der Waals surface area contributed by atoms with Gasteiger partial charge in [0.25, 0.3) is 0 Å². The van der Waals surface area contributed by atoms with Gasteiger partial charge in [-0.3, -0.25) is 14.6 Å². The van der Waals surface area contributed by atoms with E-state index in [1.807, 2.05) is 42.5 Å². The third kappa shape index (κ3) is 5.63. The first-order valence-corrected chi connectivity index (χ1v) is 10.2. The second kappa shape index (κ2) is 10.3. The molecule has 0 radical (unpaired) electrons. The highest BCUT2D eigenvalue weighted by molar-refractivity contribution is 5.90. The molecule has 1 aromatic carbocycles. The van der Waals surface area contributed by atoms with Crippen molar-refractivity contribution in [3.63, 3.8) is 0 Å². The molecule has 160 valence electrons. The fourth-order valence-electron chi connectivity index (χ4n) is 3.60. The van der Waals surface area contributed by atoms with Crippen molar-refractivity contribution >= 4 is 11.8 Å². The van der Waals surface area contributed by atoms with E-state index in [1.54, 1.807) is 6.20 Å². The third-order valence-corrected chi connectivity index (χ3v) is 5.33. The van der Waals surface area contributed by atoms with E-state index in [0.717, 1.165) is 16.8 Å². The van der Waals surface area contributed by atoms with E-state index >= 15 is 0 Å². The van der Waals surface area contributed by atoms with Gasteiger partial charge in [0.05, 0.1) is 17.8 Å². The molecule has 8 nitrogen and oxygen atoms in total. The minimum absolute atomic E-state index is 0.114. The molecular formula is C22H29N5O3. The smallest absolute Gasteiger partial charge is 0.243 e. The van der Waals surface area contributed by atoms with E-state index in [2.05, 4.69) is 10.3 Å². The minimum Gasteiger partial charge on any atom is -0.391 e. The Kier molecular flexibility index (Phi) is 7.51. The molecule has 8 heteroatoms. The molecule has 3 atom stereocenters. The number of hydrogen-bond acceptors (Lipinski definition) is 6. The van der Waals surface area contributed by atoms with E-state index in [4.69, 9.17) is 11.5 Å². The molecule has 0 unspecified atom stereocenters. The summed E-state index contributed by atoms with van der Waals surface area (Å²) in [5.41, 5.74) is 14.4. The maximum Gasteiger partial charge on any atom is 0.243 e. The maximum absolute atomic E-state index is 12.9. The number of aromatic nitrogens is 1. The van der Waals surface area contributed by atoms with Crippen LogP contribution >= 0.6 is 0 Å². The Morgan fingerprint density at radius 2 is 1.97 bits per heavy atom. The van der Waals surface area contributed by atoms with Gasteiger partial charge in [0, 0.05) is 32.3 Å². The van der Waals surface area contributed by atoms with Crippen molar-refractivity contribution in [1.29, 1.82) is 0 Å². The number of aliphatic hydroxyl groups is 1. The predicted octanol–water partition coefficient (Wildman–Crippen LogP) is 0.0784. The number of aryl methyl sites for hydroxylation is 1. The van der Waals surface area contributed by atoms with Gasteiger partial charge in [0.2, 0.25) is 11.8 Å². The molecule has 30 heavy (non-hydrogen) atoms. The van der Waals surface area contributed by atoms with Gasteiger partial charge in [-0.1, -0.05) is 36.4 Å². The fourth-order valence-corrected chi connectivity index (χ4v) is 3.60. The van der Waals surface area contributed by atoms with Gasteiger partial charge in [0.1, 0.15) is 6.04 Å². The van der Waals surface area contributed by atoms with Gasteiger partial charge in [-0.25, -0.2) is 0 Å². The molecule has 2 amide bonds. The largest absolute Gasteiger partial charge is 0.391 e. The summed E-state index contributed by atoms with van der Waals surface area (Å²) in [7, 11) is 0. The number of nitrogens with two attached hydrogens (primary N) is 2. The van der Waals surface area contributed by atoms with Crippen molar-refractivity contribution in [2.45, 2.75) is 50.5 Å². The molecule has 1 aromatic heterocycles. The fraction of sp³-hybridized carbons (Fsp3) is 0.409. The van der Waals surface area contributed by atoms with Crippen LogP contribution < -0.4 is 16.8 Å². The van der Waals surface area contributed by atoms with Crippen LogP contribution in [-0.4, -0.2) is 51.5 Å². The van der Waals surface area contributed by atoms with Crippen molar-refractivity contribution < 1.29 is 14.7 Å². The van der Waals surface area contributed by atoms with Crippen LogP contribution in [-0.2, 0) is 29.1 Å². The van der Waals surface area contributed by atoms with Crippen LogP contribution in [0.25, 0.3) is 0 Å². The van der Waals surface area contributed by atoms with Crippen molar-refractivity contribution in [2.75, 3.05) is 6.54 Å². The maximum atomic E-state index is 12.9. The van der Waals surface area contributed by atoms with E-state index in [9.17, 15) is 14.7 Å². The number of rotatable bonds is 8. The average molecular weight is 412 g/mol. The van der Waals surface area contributed by atoms with Crippen molar-refractivity contribution in [3.8, 4) is 0 Å². The average Bonchev–Trinajstić information content (AvgIpc) is 3.18. The second-order valence-corrected chi connectivity index (χ2v) is 7.61. The Bertz CT molecular complexity index is 844. The topological polar surface area (TPSA) is 135 Å². The number of β-amino-alcohol motifs (C(OH)–C–C–N with tert-alkyl or cyclic N) is 1. The number of hydrogen-bond donors (Lipinski definition) is 4. The molecule has 3 rings (SSSR count). The summed E-state index contributed by atoms with van der Waals surface area (Å²) >= 11 is 0. The van der Waals surface area contributed by atoms with Crippen LogP contribution in [0.15, 0.2) is 48.7 Å². The summed E-state index contributed by atoms with van der Waals surface area (Å²) in [6.45, 7) is 0.752. The lowest BCUT2D eigenvalue weighted by atomic mass is 10.0. The summed E-state index contributed by atoms with van der Waals surface area (Å²) in [4.78, 5) is 31.2. The molecule has 1 fully saturated rings. The highest BCUT2D eigenvalue weighted by atomic mass is 16.3.